The molecule has 114 valence electrons. The average Bonchev–Trinajstić information content (AvgIpc) is 2.53. The molecule has 0 aromatic heterocycles. The molecule has 0 heterocycles. The Morgan fingerprint density at radius 3 is 2.27 bits per heavy atom. The molecular formula is C17H15ClO4. The van der Waals surface area contributed by atoms with E-state index in [2.05, 4.69) is 0 Å². The Balaban J connectivity index is 2.27. The SMILES string of the molecule is COc1cc(O)c(C(=O)/C=C/c2ccc(Cl)cc2)cc1OC. The average molecular weight is 319 g/mol. The molecule has 0 radical (unpaired) electrons. The second-order valence-corrected chi connectivity index (χ2v) is 4.91. The Morgan fingerprint density at radius 1 is 1.09 bits per heavy atom. The van der Waals surface area contributed by atoms with Gasteiger partial charge in [-0.3, -0.25) is 4.79 Å². The zero-order valence-corrected chi connectivity index (χ0v) is 12.9. The Labute approximate surface area is 133 Å². The fourth-order valence-corrected chi connectivity index (χ4v) is 2.03. The monoisotopic (exact) mass is 318 g/mol. The number of benzene rings is 2. The van der Waals surface area contributed by atoms with Crippen molar-refractivity contribution in [3.8, 4) is 17.2 Å². The predicted molar refractivity (Wildman–Crippen MR) is 86.0 cm³/mol. The lowest BCUT2D eigenvalue weighted by Crippen LogP contribution is -1.98. The number of hydrogen-bond donors (Lipinski definition) is 1. The highest BCUT2D eigenvalue weighted by molar-refractivity contribution is 6.30. The van der Waals surface area contributed by atoms with Crippen molar-refractivity contribution >= 4 is 23.5 Å². The molecule has 0 aliphatic heterocycles. The number of carbonyl (C=O) groups excluding carboxylic acids is 1. The van der Waals surface area contributed by atoms with Gasteiger partial charge in [-0.05, 0) is 29.8 Å². The number of methoxy groups -OCH3 is 2. The number of ketones is 1. The van der Waals surface area contributed by atoms with Gasteiger partial charge in [-0.15, -0.1) is 0 Å². The molecule has 2 rings (SSSR count). The molecule has 5 heteroatoms. The van der Waals surface area contributed by atoms with E-state index in [9.17, 15) is 9.90 Å². The minimum Gasteiger partial charge on any atom is -0.507 e. The van der Waals surface area contributed by atoms with Crippen molar-refractivity contribution in [2.75, 3.05) is 14.2 Å². The van der Waals surface area contributed by atoms with Gasteiger partial charge in [0.2, 0.25) is 0 Å². The summed E-state index contributed by atoms with van der Waals surface area (Å²) in [4.78, 5) is 12.2. The summed E-state index contributed by atoms with van der Waals surface area (Å²) in [7, 11) is 2.92. The molecule has 0 saturated carbocycles. The van der Waals surface area contributed by atoms with Crippen molar-refractivity contribution < 1.29 is 19.4 Å². The molecule has 1 N–H and O–H groups in total. The summed E-state index contributed by atoms with van der Waals surface area (Å²) >= 11 is 5.80. The first kappa shape index (κ1) is 15.9. The number of phenolic OH excluding ortho intramolecular Hbond substituents is 1. The molecule has 2 aromatic rings. The second-order valence-electron chi connectivity index (χ2n) is 4.47. The normalized spacial score (nSPS) is 10.7. The summed E-state index contributed by atoms with van der Waals surface area (Å²) in [6, 6.07) is 9.85. The minimum atomic E-state index is -0.339. The zero-order chi connectivity index (χ0) is 16.1. The molecule has 0 bridgehead atoms. The molecule has 0 spiro atoms. The molecule has 0 aliphatic rings. The molecule has 0 atom stereocenters. The van der Waals surface area contributed by atoms with E-state index in [0.717, 1.165) is 5.56 Å². The zero-order valence-electron chi connectivity index (χ0n) is 12.2. The highest BCUT2D eigenvalue weighted by atomic mass is 35.5. The first-order chi connectivity index (χ1) is 10.5. The van der Waals surface area contributed by atoms with Gasteiger partial charge in [0.05, 0.1) is 19.8 Å². The second kappa shape index (κ2) is 7.00. The lowest BCUT2D eigenvalue weighted by molar-refractivity contribution is 0.104. The van der Waals surface area contributed by atoms with E-state index in [0.29, 0.717) is 16.5 Å². The maximum Gasteiger partial charge on any atom is 0.189 e. The standard InChI is InChI=1S/C17H15ClO4/c1-21-16-9-13(15(20)10-17(16)22-2)14(19)8-5-11-3-6-12(18)7-4-11/h3-10,20H,1-2H3/b8-5+. The summed E-state index contributed by atoms with van der Waals surface area (Å²) in [6.07, 6.45) is 3.03. The van der Waals surface area contributed by atoms with E-state index in [4.69, 9.17) is 21.1 Å². The lowest BCUT2D eigenvalue weighted by Gasteiger charge is -2.10. The number of ether oxygens (including phenoxy) is 2. The Bertz CT molecular complexity index is 705. The number of hydrogen-bond acceptors (Lipinski definition) is 4. The van der Waals surface area contributed by atoms with Gasteiger partial charge >= 0.3 is 0 Å². The van der Waals surface area contributed by atoms with Gasteiger partial charge in [0.15, 0.2) is 17.3 Å². The number of rotatable bonds is 5. The first-order valence-electron chi connectivity index (χ1n) is 6.48. The summed E-state index contributed by atoms with van der Waals surface area (Å²) in [5.74, 6) is 0.235. The van der Waals surface area contributed by atoms with Gasteiger partial charge in [0.25, 0.3) is 0 Å². The third-order valence-electron chi connectivity index (χ3n) is 3.06. The van der Waals surface area contributed by atoms with Crippen molar-refractivity contribution in [3.05, 3.63) is 58.6 Å². The van der Waals surface area contributed by atoms with Gasteiger partial charge < -0.3 is 14.6 Å². The Hall–Kier alpha value is -2.46. The molecule has 0 unspecified atom stereocenters. The predicted octanol–water partition coefficient (Wildman–Crippen LogP) is 3.96. The van der Waals surface area contributed by atoms with Crippen LogP contribution in [0.4, 0.5) is 0 Å². The fourth-order valence-electron chi connectivity index (χ4n) is 1.90. The number of halogens is 1. The van der Waals surface area contributed by atoms with Gasteiger partial charge in [-0.2, -0.15) is 0 Å². The van der Waals surface area contributed by atoms with E-state index in [-0.39, 0.29) is 17.1 Å². The molecular weight excluding hydrogens is 304 g/mol. The van der Waals surface area contributed by atoms with Crippen LogP contribution < -0.4 is 9.47 Å². The van der Waals surface area contributed by atoms with Crippen LogP contribution in [-0.4, -0.2) is 25.1 Å². The van der Waals surface area contributed by atoms with Crippen molar-refractivity contribution in [2.45, 2.75) is 0 Å². The minimum absolute atomic E-state index is 0.142. The maximum absolute atomic E-state index is 12.2. The smallest absolute Gasteiger partial charge is 0.189 e. The topological polar surface area (TPSA) is 55.8 Å². The molecule has 2 aromatic carbocycles. The first-order valence-corrected chi connectivity index (χ1v) is 6.86. The van der Waals surface area contributed by atoms with Gasteiger partial charge in [0, 0.05) is 11.1 Å². The number of carbonyl (C=O) groups is 1. The highest BCUT2D eigenvalue weighted by Gasteiger charge is 2.14. The highest BCUT2D eigenvalue weighted by Crippen LogP contribution is 2.34. The van der Waals surface area contributed by atoms with Crippen LogP contribution in [0.5, 0.6) is 17.2 Å². The summed E-state index contributed by atoms with van der Waals surface area (Å²) in [6.45, 7) is 0. The summed E-state index contributed by atoms with van der Waals surface area (Å²) in [5.41, 5.74) is 0.973. The van der Waals surface area contributed by atoms with Crippen LogP contribution in [0.1, 0.15) is 15.9 Å². The number of phenols is 1. The molecule has 0 fully saturated rings. The molecule has 22 heavy (non-hydrogen) atoms. The van der Waals surface area contributed by atoms with Crippen LogP contribution in [0.2, 0.25) is 5.02 Å². The van der Waals surface area contributed by atoms with Crippen molar-refractivity contribution in [1.29, 1.82) is 0 Å². The number of aromatic hydroxyl groups is 1. The van der Waals surface area contributed by atoms with Gasteiger partial charge in [-0.25, -0.2) is 0 Å². The van der Waals surface area contributed by atoms with E-state index in [1.165, 1.54) is 32.4 Å². The van der Waals surface area contributed by atoms with Crippen LogP contribution >= 0.6 is 11.6 Å². The van der Waals surface area contributed by atoms with Gasteiger partial charge in [0.1, 0.15) is 5.75 Å². The summed E-state index contributed by atoms with van der Waals surface area (Å²) in [5, 5.41) is 10.6. The van der Waals surface area contributed by atoms with E-state index < -0.39 is 0 Å². The molecule has 0 amide bonds. The van der Waals surface area contributed by atoms with E-state index in [1.54, 1.807) is 30.3 Å². The molecule has 0 saturated heterocycles. The Morgan fingerprint density at radius 2 is 1.68 bits per heavy atom. The maximum atomic E-state index is 12.2. The van der Waals surface area contributed by atoms with Crippen molar-refractivity contribution in [1.82, 2.24) is 0 Å². The van der Waals surface area contributed by atoms with Gasteiger partial charge in [-0.1, -0.05) is 29.8 Å². The van der Waals surface area contributed by atoms with E-state index >= 15 is 0 Å². The largest absolute Gasteiger partial charge is 0.507 e. The van der Waals surface area contributed by atoms with Crippen LogP contribution in [0.25, 0.3) is 6.08 Å². The van der Waals surface area contributed by atoms with Crippen molar-refractivity contribution in [2.24, 2.45) is 0 Å². The van der Waals surface area contributed by atoms with Crippen molar-refractivity contribution in [3.63, 3.8) is 0 Å². The fraction of sp³-hybridized carbons (Fsp3) is 0.118. The van der Waals surface area contributed by atoms with Crippen LogP contribution in [0.3, 0.4) is 0 Å². The summed E-state index contributed by atoms with van der Waals surface area (Å²) < 4.78 is 10.2. The third-order valence-corrected chi connectivity index (χ3v) is 3.32. The van der Waals surface area contributed by atoms with Crippen LogP contribution in [-0.2, 0) is 0 Å². The van der Waals surface area contributed by atoms with Crippen LogP contribution in [0.15, 0.2) is 42.5 Å². The van der Waals surface area contributed by atoms with Crippen LogP contribution in [0, 0.1) is 0 Å². The lowest BCUT2D eigenvalue weighted by atomic mass is 10.1. The van der Waals surface area contributed by atoms with E-state index in [1.807, 2.05) is 0 Å². The Kier molecular flexibility index (Phi) is 5.07. The molecule has 0 aliphatic carbocycles. The quantitative estimate of drug-likeness (QED) is 0.669. The third kappa shape index (κ3) is 3.59. The molecule has 4 nitrogen and oxygen atoms in total. The number of allylic oxidation sites excluding steroid dienone is 1.